The highest BCUT2D eigenvalue weighted by Gasteiger charge is 2.12. The monoisotopic (exact) mass is 234 g/mol. The molecule has 94 valence electrons. The van der Waals surface area contributed by atoms with E-state index in [9.17, 15) is 4.79 Å². The van der Waals surface area contributed by atoms with Crippen LogP contribution in [0.5, 0.6) is 0 Å². The summed E-state index contributed by atoms with van der Waals surface area (Å²) in [7, 11) is 0. The van der Waals surface area contributed by atoms with Gasteiger partial charge in [0.15, 0.2) is 0 Å². The highest BCUT2D eigenvalue weighted by Crippen LogP contribution is 2.17. The number of hydrogen-bond acceptors (Lipinski definition) is 2. The van der Waals surface area contributed by atoms with Crippen molar-refractivity contribution in [1.29, 1.82) is 0 Å². The Morgan fingerprint density at radius 1 is 1.24 bits per heavy atom. The lowest BCUT2D eigenvalue weighted by Crippen LogP contribution is -2.11. The van der Waals surface area contributed by atoms with Crippen LogP contribution in [0.15, 0.2) is 30.3 Å². The maximum absolute atomic E-state index is 11.4. The molecule has 0 saturated heterocycles. The minimum atomic E-state index is -0.0626. The lowest BCUT2D eigenvalue weighted by atomic mass is 9.94. The van der Waals surface area contributed by atoms with E-state index < -0.39 is 0 Å². The van der Waals surface area contributed by atoms with Crippen molar-refractivity contribution in [3.8, 4) is 0 Å². The summed E-state index contributed by atoms with van der Waals surface area (Å²) in [6.07, 6.45) is 3.68. The van der Waals surface area contributed by atoms with E-state index in [0.29, 0.717) is 18.9 Å². The average molecular weight is 234 g/mol. The summed E-state index contributed by atoms with van der Waals surface area (Å²) in [5, 5.41) is 0. The van der Waals surface area contributed by atoms with Crippen LogP contribution in [0.2, 0.25) is 0 Å². The standard InChI is InChI=1S/C15H22O2/c1-3-13(12-15(16)17-4-2)10-11-14-8-6-5-7-9-14/h5-9,13H,3-4,10-12H2,1-2H3/t13-/m1/s1. The summed E-state index contributed by atoms with van der Waals surface area (Å²) in [6.45, 7) is 4.46. The molecule has 0 fully saturated rings. The second-order valence-electron chi connectivity index (χ2n) is 4.31. The van der Waals surface area contributed by atoms with Gasteiger partial charge in [0.05, 0.1) is 6.61 Å². The molecule has 0 aliphatic carbocycles. The maximum Gasteiger partial charge on any atom is 0.306 e. The van der Waals surface area contributed by atoms with Gasteiger partial charge < -0.3 is 4.74 Å². The number of hydrogen-bond donors (Lipinski definition) is 0. The number of carbonyl (C=O) groups is 1. The fourth-order valence-corrected chi connectivity index (χ4v) is 1.92. The first-order valence-corrected chi connectivity index (χ1v) is 6.45. The van der Waals surface area contributed by atoms with Crippen molar-refractivity contribution < 1.29 is 9.53 Å². The van der Waals surface area contributed by atoms with Crippen molar-refractivity contribution in [2.75, 3.05) is 6.61 Å². The average Bonchev–Trinajstić information content (AvgIpc) is 2.36. The van der Waals surface area contributed by atoms with Gasteiger partial charge >= 0.3 is 5.97 Å². The number of benzene rings is 1. The van der Waals surface area contributed by atoms with E-state index in [-0.39, 0.29) is 5.97 Å². The SMILES string of the molecule is CCOC(=O)C[C@H](CC)CCc1ccccc1. The fourth-order valence-electron chi connectivity index (χ4n) is 1.92. The van der Waals surface area contributed by atoms with E-state index in [1.807, 2.05) is 13.0 Å². The summed E-state index contributed by atoms with van der Waals surface area (Å²) in [6, 6.07) is 10.4. The third-order valence-corrected chi connectivity index (χ3v) is 3.02. The van der Waals surface area contributed by atoms with Crippen LogP contribution < -0.4 is 0 Å². The molecule has 0 unspecified atom stereocenters. The summed E-state index contributed by atoms with van der Waals surface area (Å²) in [5.74, 6) is 0.377. The van der Waals surface area contributed by atoms with Gasteiger partial charge in [-0.1, -0.05) is 43.7 Å². The van der Waals surface area contributed by atoms with Crippen molar-refractivity contribution in [2.45, 2.75) is 39.5 Å². The normalized spacial score (nSPS) is 12.1. The van der Waals surface area contributed by atoms with E-state index in [4.69, 9.17) is 4.74 Å². The van der Waals surface area contributed by atoms with Crippen molar-refractivity contribution in [3.05, 3.63) is 35.9 Å². The Kier molecular flexibility index (Phi) is 6.38. The molecule has 17 heavy (non-hydrogen) atoms. The Morgan fingerprint density at radius 2 is 1.94 bits per heavy atom. The van der Waals surface area contributed by atoms with Crippen molar-refractivity contribution in [1.82, 2.24) is 0 Å². The van der Waals surface area contributed by atoms with Gasteiger partial charge in [-0.2, -0.15) is 0 Å². The number of rotatable bonds is 7. The first-order chi connectivity index (χ1) is 8.26. The molecule has 1 aromatic rings. The molecule has 1 atom stereocenters. The molecule has 0 N–H and O–H groups in total. The van der Waals surface area contributed by atoms with Gasteiger partial charge in [-0.15, -0.1) is 0 Å². The minimum absolute atomic E-state index is 0.0626. The Morgan fingerprint density at radius 3 is 2.53 bits per heavy atom. The van der Waals surface area contributed by atoms with Crippen molar-refractivity contribution in [2.24, 2.45) is 5.92 Å². The Bertz CT molecular complexity index is 319. The van der Waals surface area contributed by atoms with E-state index in [0.717, 1.165) is 19.3 Å². The molecule has 0 bridgehead atoms. The van der Waals surface area contributed by atoms with Crippen molar-refractivity contribution in [3.63, 3.8) is 0 Å². The van der Waals surface area contributed by atoms with Crippen LogP contribution in [0.1, 0.15) is 38.7 Å². The summed E-state index contributed by atoms with van der Waals surface area (Å²) < 4.78 is 4.99. The second-order valence-corrected chi connectivity index (χ2v) is 4.31. The maximum atomic E-state index is 11.4. The zero-order valence-corrected chi connectivity index (χ0v) is 10.8. The second kappa shape index (κ2) is 7.88. The van der Waals surface area contributed by atoms with E-state index in [1.165, 1.54) is 5.56 Å². The van der Waals surface area contributed by atoms with Gasteiger partial charge in [0.2, 0.25) is 0 Å². The number of aryl methyl sites for hydroxylation is 1. The zero-order valence-electron chi connectivity index (χ0n) is 10.8. The van der Waals surface area contributed by atoms with Crippen LogP contribution in [-0.4, -0.2) is 12.6 Å². The van der Waals surface area contributed by atoms with Crippen LogP contribution in [0, 0.1) is 5.92 Å². The van der Waals surface area contributed by atoms with Gasteiger partial charge in [0.25, 0.3) is 0 Å². The van der Waals surface area contributed by atoms with Gasteiger partial charge in [-0.25, -0.2) is 0 Å². The smallest absolute Gasteiger partial charge is 0.306 e. The summed E-state index contributed by atoms with van der Waals surface area (Å²) in [5.41, 5.74) is 1.34. The third-order valence-electron chi connectivity index (χ3n) is 3.02. The predicted molar refractivity (Wildman–Crippen MR) is 69.8 cm³/mol. The zero-order chi connectivity index (χ0) is 12.5. The van der Waals surface area contributed by atoms with Crippen LogP contribution in [0.25, 0.3) is 0 Å². The molecule has 0 amide bonds. The lowest BCUT2D eigenvalue weighted by molar-refractivity contribution is -0.144. The number of carbonyl (C=O) groups excluding carboxylic acids is 1. The van der Waals surface area contributed by atoms with Gasteiger partial charge in [0.1, 0.15) is 0 Å². The molecule has 0 radical (unpaired) electrons. The van der Waals surface area contributed by atoms with Crippen LogP contribution in [0.3, 0.4) is 0 Å². The lowest BCUT2D eigenvalue weighted by Gasteiger charge is -2.13. The molecule has 0 heterocycles. The van der Waals surface area contributed by atoms with E-state index in [1.54, 1.807) is 0 Å². The molecule has 0 aromatic heterocycles. The van der Waals surface area contributed by atoms with Crippen LogP contribution in [0.4, 0.5) is 0 Å². The van der Waals surface area contributed by atoms with Crippen LogP contribution >= 0.6 is 0 Å². The Labute approximate surface area is 104 Å². The van der Waals surface area contributed by atoms with Gasteiger partial charge in [-0.3, -0.25) is 4.79 Å². The molecule has 1 aromatic carbocycles. The minimum Gasteiger partial charge on any atom is -0.466 e. The van der Waals surface area contributed by atoms with Gasteiger partial charge in [0, 0.05) is 6.42 Å². The summed E-state index contributed by atoms with van der Waals surface area (Å²) in [4.78, 5) is 11.4. The first kappa shape index (κ1) is 13.8. The molecule has 0 aliphatic rings. The largest absolute Gasteiger partial charge is 0.466 e. The Hall–Kier alpha value is -1.31. The summed E-state index contributed by atoms with van der Waals surface area (Å²) >= 11 is 0. The molecule has 1 rings (SSSR count). The highest BCUT2D eigenvalue weighted by atomic mass is 16.5. The number of esters is 1. The van der Waals surface area contributed by atoms with Gasteiger partial charge in [-0.05, 0) is 31.2 Å². The molecular formula is C15H22O2. The molecule has 0 aliphatic heterocycles. The molecular weight excluding hydrogens is 212 g/mol. The van der Waals surface area contributed by atoms with Crippen LogP contribution in [-0.2, 0) is 16.0 Å². The molecule has 2 heteroatoms. The van der Waals surface area contributed by atoms with E-state index in [2.05, 4.69) is 31.2 Å². The first-order valence-electron chi connectivity index (χ1n) is 6.45. The van der Waals surface area contributed by atoms with Crippen molar-refractivity contribution >= 4 is 5.97 Å². The third kappa shape index (κ3) is 5.53. The molecule has 0 spiro atoms. The topological polar surface area (TPSA) is 26.3 Å². The fraction of sp³-hybridized carbons (Fsp3) is 0.533. The van der Waals surface area contributed by atoms with E-state index >= 15 is 0 Å². The predicted octanol–water partition coefficient (Wildman–Crippen LogP) is 3.60. The molecule has 0 saturated carbocycles. The molecule has 2 nitrogen and oxygen atoms in total. The highest BCUT2D eigenvalue weighted by molar-refractivity contribution is 5.69. The quantitative estimate of drug-likeness (QED) is 0.674. The Balaban J connectivity index is 2.34. The number of ether oxygens (including phenoxy) is 1.